The summed E-state index contributed by atoms with van der Waals surface area (Å²) < 4.78 is 29.3. The number of hydroxylamine groups is 1. The van der Waals surface area contributed by atoms with Crippen molar-refractivity contribution in [3.8, 4) is 0 Å². The molecule has 0 heterocycles. The fraction of sp³-hybridized carbons (Fsp3) is 0.562. The van der Waals surface area contributed by atoms with E-state index in [9.17, 15) is 13.2 Å². The van der Waals surface area contributed by atoms with Crippen LogP contribution in [0.5, 0.6) is 0 Å². The molecular weight excluding hydrogens is 318 g/mol. The van der Waals surface area contributed by atoms with Crippen LogP contribution in [0.15, 0.2) is 35.4 Å². The molecule has 0 saturated carbocycles. The van der Waals surface area contributed by atoms with E-state index in [1.807, 2.05) is 0 Å². The van der Waals surface area contributed by atoms with E-state index < -0.39 is 31.1 Å². The first-order valence-corrected chi connectivity index (χ1v) is 8.55. The van der Waals surface area contributed by atoms with Gasteiger partial charge in [0.25, 0.3) is 0 Å². The van der Waals surface area contributed by atoms with E-state index in [1.54, 1.807) is 20.8 Å². The third kappa shape index (κ3) is 7.00. The molecule has 0 spiro atoms. The number of carbonyl (C=O) groups excluding carboxylic acids is 1. The maximum absolute atomic E-state index is 12.6. The molecule has 0 fully saturated rings. The van der Waals surface area contributed by atoms with Crippen LogP contribution in [-0.4, -0.2) is 31.8 Å². The number of rotatable bonds is 6. The summed E-state index contributed by atoms with van der Waals surface area (Å²) in [6.45, 7) is 13.2. The van der Waals surface area contributed by atoms with Gasteiger partial charge >= 0.3 is 5.97 Å². The molecule has 0 aromatic carbocycles. The van der Waals surface area contributed by atoms with Crippen molar-refractivity contribution in [3.05, 3.63) is 35.4 Å². The lowest BCUT2D eigenvalue weighted by Gasteiger charge is -2.24. The lowest BCUT2D eigenvalue weighted by molar-refractivity contribution is -0.149. The standard InChI is InChI=1S/C16H27NO5S/c1-12(17-21-8)10-9-11-13(14(18)22-15(2,3)4)23(19,20)16(5,6)7/h9-11,17H,1H2,2-8H3. The first-order valence-electron chi connectivity index (χ1n) is 7.06. The van der Waals surface area contributed by atoms with E-state index in [2.05, 4.69) is 16.9 Å². The molecule has 0 aliphatic heterocycles. The van der Waals surface area contributed by atoms with Gasteiger partial charge in [0.2, 0.25) is 0 Å². The summed E-state index contributed by atoms with van der Waals surface area (Å²) in [7, 11) is -2.44. The van der Waals surface area contributed by atoms with Crippen LogP contribution in [0.3, 0.4) is 0 Å². The summed E-state index contributed by atoms with van der Waals surface area (Å²) in [4.78, 5) is 16.6. The highest BCUT2D eigenvalue weighted by Gasteiger charge is 2.38. The minimum Gasteiger partial charge on any atom is -0.456 e. The molecule has 1 N–H and O–H groups in total. The number of esters is 1. The maximum Gasteiger partial charge on any atom is 0.350 e. The molecule has 0 saturated heterocycles. The molecule has 6 nitrogen and oxygen atoms in total. The summed E-state index contributed by atoms with van der Waals surface area (Å²) in [5.41, 5.74) is 2.09. The number of hydrogen-bond donors (Lipinski definition) is 1. The predicted molar refractivity (Wildman–Crippen MR) is 91.0 cm³/mol. The fourth-order valence-corrected chi connectivity index (χ4v) is 2.52. The summed E-state index contributed by atoms with van der Waals surface area (Å²) in [6, 6.07) is 0. The van der Waals surface area contributed by atoms with Crippen molar-refractivity contribution in [1.82, 2.24) is 5.48 Å². The van der Waals surface area contributed by atoms with Gasteiger partial charge in [-0.3, -0.25) is 10.3 Å². The zero-order valence-corrected chi connectivity index (χ0v) is 15.7. The van der Waals surface area contributed by atoms with Gasteiger partial charge in [-0.25, -0.2) is 13.2 Å². The minimum atomic E-state index is -3.87. The van der Waals surface area contributed by atoms with Gasteiger partial charge < -0.3 is 4.74 Å². The maximum atomic E-state index is 12.6. The Hall–Kier alpha value is -1.60. The molecule has 0 atom stereocenters. The van der Waals surface area contributed by atoms with Gasteiger partial charge in [0.15, 0.2) is 14.7 Å². The van der Waals surface area contributed by atoms with Crippen LogP contribution >= 0.6 is 0 Å². The van der Waals surface area contributed by atoms with E-state index in [1.165, 1.54) is 46.1 Å². The number of sulfone groups is 1. The van der Waals surface area contributed by atoms with Crippen molar-refractivity contribution in [3.63, 3.8) is 0 Å². The summed E-state index contributed by atoms with van der Waals surface area (Å²) in [5.74, 6) is -0.887. The third-order valence-corrected chi connectivity index (χ3v) is 4.97. The van der Waals surface area contributed by atoms with Crippen molar-refractivity contribution in [1.29, 1.82) is 0 Å². The molecule has 132 valence electrons. The van der Waals surface area contributed by atoms with Gasteiger partial charge in [-0.1, -0.05) is 12.7 Å². The zero-order chi connectivity index (χ0) is 18.5. The van der Waals surface area contributed by atoms with Gasteiger partial charge in [-0.15, -0.1) is 0 Å². The van der Waals surface area contributed by atoms with Crippen LogP contribution in [0.25, 0.3) is 0 Å². The quantitative estimate of drug-likeness (QED) is 0.345. The highest BCUT2D eigenvalue weighted by Crippen LogP contribution is 2.26. The van der Waals surface area contributed by atoms with Crippen LogP contribution in [-0.2, 0) is 24.2 Å². The van der Waals surface area contributed by atoms with Crippen molar-refractivity contribution in [2.45, 2.75) is 51.9 Å². The Morgan fingerprint density at radius 1 is 1.13 bits per heavy atom. The molecular formula is C16H27NO5S. The number of allylic oxidation sites excluding steroid dienone is 3. The number of hydrogen-bond acceptors (Lipinski definition) is 6. The molecule has 0 aliphatic rings. The number of ether oxygens (including phenoxy) is 1. The SMILES string of the molecule is C=C(C=CC=C(C(=O)OC(C)(C)C)S(=O)(=O)C(C)(C)C)NOC. The van der Waals surface area contributed by atoms with Crippen molar-refractivity contribution >= 4 is 15.8 Å². The largest absolute Gasteiger partial charge is 0.456 e. The Morgan fingerprint density at radius 3 is 2.04 bits per heavy atom. The van der Waals surface area contributed by atoms with E-state index in [-0.39, 0.29) is 0 Å². The second-order valence-corrected chi connectivity index (χ2v) is 9.51. The Balaban J connectivity index is 5.76. The minimum absolute atomic E-state index is 0.401. The molecule has 0 bridgehead atoms. The summed E-state index contributed by atoms with van der Waals surface area (Å²) in [6.07, 6.45) is 4.08. The average Bonchev–Trinajstić information content (AvgIpc) is 2.30. The van der Waals surface area contributed by atoms with Gasteiger partial charge in [0, 0.05) is 0 Å². The first kappa shape index (κ1) is 21.4. The molecule has 7 heteroatoms. The fourth-order valence-electron chi connectivity index (χ4n) is 1.34. The molecule has 23 heavy (non-hydrogen) atoms. The topological polar surface area (TPSA) is 81.7 Å². The summed E-state index contributed by atoms with van der Waals surface area (Å²) in [5, 5.41) is 0. The van der Waals surface area contributed by atoms with E-state index in [0.29, 0.717) is 5.70 Å². The van der Waals surface area contributed by atoms with Gasteiger partial charge in [-0.05, 0) is 53.7 Å². The number of carbonyl (C=O) groups is 1. The Kier molecular flexibility index (Phi) is 7.25. The predicted octanol–water partition coefficient (Wildman–Crippen LogP) is 2.65. The Bertz CT molecular complexity index is 601. The normalized spacial score (nSPS) is 14.0. The highest BCUT2D eigenvalue weighted by atomic mass is 32.2. The molecule has 0 unspecified atom stereocenters. The zero-order valence-electron chi connectivity index (χ0n) is 14.9. The molecule has 0 aliphatic carbocycles. The average molecular weight is 345 g/mol. The smallest absolute Gasteiger partial charge is 0.350 e. The number of nitrogens with one attached hydrogen (secondary N) is 1. The van der Waals surface area contributed by atoms with Crippen LogP contribution in [0.4, 0.5) is 0 Å². The molecule has 0 amide bonds. The molecule has 0 radical (unpaired) electrons. The van der Waals surface area contributed by atoms with Gasteiger partial charge in [0.05, 0.1) is 17.6 Å². The first-order chi connectivity index (χ1) is 10.2. The molecule has 0 aromatic heterocycles. The Labute approximate surface area is 139 Å². The monoisotopic (exact) mass is 345 g/mol. The van der Waals surface area contributed by atoms with E-state index in [0.717, 1.165) is 0 Å². The molecule has 0 rings (SSSR count). The lowest BCUT2D eigenvalue weighted by Crippen LogP contribution is -2.35. The second-order valence-electron chi connectivity index (χ2n) is 6.84. The van der Waals surface area contributed by atoms with Crippen molar-refractivity contribution in [2.75, 3.05) is 7.11 Å². The lowest BCUT2D eigenvalue weighted by atomic mass is 10.2. The Morgan fingerprint density at radius 2 is 1.65 bits per heavy atom. The van der Waals surface area contributed by atoms with Crippen molar-refractivity contribution in [2.24, 2.45) is 0 Å². The van der Waals surface area contributed by atoms with Gasteiger partial charge in [-0.2, -0.15) is 0 Å². The molecule has 0 aromatic rings. The van der Waals surface area contributed by atoms with Crippen LogP contribution in [0.2, 0.25) is 0 Å². The second kappa shape index (κ2) is 7.79. The van der Waals surface area contributed by atoms with Crippen LogP contribution in [0.1, 0.15) is 41.5 Å². The highest BCUT2D eigenvalue weighted by molar-refractivity contribution is 7.97. The van der Waals surface area contributed by atoms with Gasteiger partial charge in [0.1, 0.15) is 5.60 Å². The van der Waals surface area contributed by atoms with Crippen LogP contribution < -0.4 is 5.48 Å². The van der Waals surface area contributed by atoms with E-state index in [4.69, 9.17) is 4.74 Å². The summed E-state index contributed by atoms with van der Waals surface area (Å²) >= 11 is 0. The van der Waals surface area contributed by atoms with Crippen LogP contribution in [0, 0.1) is 0 Å². The third-order valence-electron chi connectivity index (χ3n) is 2.47. The van der Waals surface area contributed by atoms with Crippen molar-refractivity contribution < 1.29 is 22.8 Å². The van der Waals surface area contributed by atoms with E-state index >= 15 is 0 Å².